The first-order valence-corrected chi connectivity index (χ1v) is 12.4. The van der Waals surface area contributed by atoms with Crippen LogP contribution in [0.5, 0.6) is 0 Å². The van der Waals surface area contributed by atoms with E-state index in [2.05, 4.69) is 44.0 Å². The van der Waals surface area contributed by atoms with Gasteiger partial charge >= 0.3 is 0 Å². The predicted molar refractivity (Wildman–Crippen MR) is 142 cm³/mol. The van der Waals surface area contributed by atoms with E-state index in [0.717, 1.165) is 47.4 Å². The highest BCUT2D eigenvalue weighted by Gasteiger charge is 2.19. The summed E-state index contributed by atoms with van der Waals surface area (Å²) in [5.74, 6) is 1.32. The molecule has 1 fully saturated rings. The number of aromatic amines is 1. The van der Waals surface area contributed by atoms with Gasteiger partial charge in [-0.3, -0.25) is 4.79 Å². The lowest BCUT2D eigenvalue weighted by Crippen LogP contribution is -2.47. The van der Waals surface area contributed by atoms with Crippen LogP contribution in [0.1, 0.15) is 5.56 Å². The molecule has 1 saturated heterocycles. The Morgan fingerprint density at radius 3 is 2.36 bits per heavy atom. The van der Waals surface area contributed by atoms with Crippen molar-refractivity contribution in [3.63, 3.8) is 0 Å². The first-order valence-electron chi connectivity index (χ1n) is 11.0. The topological polar surface area (TPSA) is 52.2 Å². The number of nitrogens with one attached hydrogen (secondary N) is 1. The van der Waals surface area contributed by atoms with Gasteiger partial charge in [0.25, 0.3) is 5.56 Å². The van der Waals surface area contributed by atoms with Gasteiger partial charge in [-0.2, -0.15) is 0 Å². The van der Waals surface area contributed by atoms with Crippen LogP contribution in [0.3, 0.4) is 0 Å². The molecule has 0 spiro atoms. The number of rotatable bonds is 4. The Kier molecular flexibility index (Phi) is 6.41. The third-order valence-corrected chi connectivity index (χ3v) is 7.43. The fourth-order valence-electron chi connectivity index (χ4n) is 4.03. The quantitative estimate of drug-likeness (QED) is 0.425. The second-order valence-corrected chi connectivity index (χ2v) is 9.61. The zero-order chi connectivity index (χ0) is 22.6. The van der Waals surface area contributed by atoms with Crippen LogP contribution in [0.25, 0.3) is 22.3 Å². The van der Waals surface area contributed by atoms with E-state index in [1.807, 2.05) is 54.6 Å². The highest BCUT2D eigenvalue weighted by atomic mass is 32.2. The van der Waals surface area contributed by atoms with Crippen LogP contribution in [0, 0.1) is 0 Å². The Labute approximate surface area is 202 Å². The van der Waals surface area contributed by atoms with Crippen molar-refractivity contribution in [1.82, 2.24) is 14.9 Å². The average molecular weight is 473 g/mol. The van der Waals surface area contributed by atoms with Crippen LogP contribution in [0.15, 0.2) is 83.7 Å². The van der Waals surface area contributed by atoms with Gasteiger partial charge in [-0.25, -0.2) is 4.98 Å². The summed E-state index contributed by atoms with van der Waals surface area (Å²) in [7, 11) is 0. The monoisotopic (exact) mass is 472 g/mol. The van der Waals surface area contributed by atoms with Crippen LogP contribution < -0.4 is 10.5 Å². The summed E-state index contributed by atoms with van der Waals surface area (Å²) in [6, 6.07) is 26.1. The SMILES string of the molecule is O=c1[nH]c(-c2ccccc2)nc2ccc(CSC(=S)N3CCN(c4ccccc4)CC3)cc12. The van der Waals surface area contributed by atoms with Gasteiger partial charge in [0.15, 0.2) is 0 Å². The van der Waals surface area contributed by atoms with E-state index in [1.54, 1.807) is 11.8 Å². The number of benzene rings is 3. The molecule has 2 heterocycles. The molecule has 1 N–H and O–H groups in total. The van der Waals surface area contributed by atoms with Crippen molar-refractivity contribution in [2.45, 2.75) is 5.75 Å². The van der Waals surface area contributed by atoms with Gasteiger partial charge in [0.2, 0.25) is 0 Å². The zero-order valence-corrected chi connectivity index (χ0v) is 19.7. The van der Waals surface area contributed by atoms with Crippen molar-refractivity contribution in [2.24, 2.45) is 0 Å². The Hall–Kier alpha value is -3.16. The predicted octanol–water partition coefficient (Wildman–Crippen LogP) is 4.93. The molecule has 0 radical (unpaired) electrons. The second kappa shape index (κ2) is 9.77. The molecular formula is C26H24N4OS2. The van der Waals surface area contributed by atoms with E-state index in [1.165, 1.54) is 5.69 Å². The van der Waals surface area contributed by atoms with Crippen molar-refractivity contribution >= 4 is 44.9 Å². The third-order valence-electron chi connectivity index (χ3n) is 5.84. The van der Waals surface area contributed by atoms with E-state index in [0.29, 0.717) is 16.7 Å². The summed E-state index contributed by atoms with van der Waals surface area (Å²) in [4.78, 5) is 25.0. The van der Waals surface area contributed by atoms with Crippen molar-refractivity contribution in [3.8, 4) is 11.4 Å². The molecule has 0 saturated carbocycles. The van der Waals surface area contributed by atoms with Gasteiger partial charge in [-0.1, -0.05) is 78.6 Å². The lowest BCUT2D eigenvalue weighted by atomic mass is 10.1. The molecule has 4 aromatic rings. The van der Waals surface area contributed by atoms with E-state index < -0.39 is 0 Å². The van der Waals surface area contributed by atoms with E-state index >= 15 is 0 Å². The molecule has 33 heavy (non-hydrogen) atoms. The van der Waals surface area contributed by atoms with Crippen LogP contribution in [0.4, 0.5) is 5.69 Å². The Morgan fingerprint density at radius 2 is 1.64 bits per heavy atom. The van der Waals surface area contributed by atoms with Gasteiger partial charge < -0.3 is 14.8 Å². The van der Waals surface area contributed by atoms with Gasteiger partial charge in [0, 0.05) is 43.2 Å². The second-order valence-electron chi connectivity index (χ2n) is 8.00. The summed E-state index contributed by atoms with van der Waals surface area (Å²) >= 11 is 7.37. The Morgan fingerprint density at radius 1 is 0.939 bits per heavy atom. The van der Waals surface area contributed by atoms with E-state index in [9.17, 15) is 4.79 Å². The molecule has 0 bridgehead atoms. The maximum Gasteiger partial charge on any atom is 0.259 e. The zero-order valence-electron chi connectivity index (χ0n) is 18.1. The fourth-order valence-corrected chi connectivity index (χ4v) is 5.22. The summed E-state index contributed by atoms with van der Waals surface area (Å²) < 4.78 is 0.911. The average Bonchev–Trinajstić information content (AvgIpc) is 2.88. The van der Waals surface area contributed by atoms with Crippen molar-refractivity contribution in [1.29, 1.82) is 0 Å². The summed E-state index contributed by atoms with van der Waals surface area (Å²) in [5.41, 5.74) is 3.81. The molecule has 1 aliphatic rings. The number of thioether (sulfide) groups is 1. The number of anilines is 1. The van der Waals surface area contributed by atoms with Crippen LogP contribution in [-0.2, 0) is 5.75 Å². The van der Waals surface area contributed by atoms with Crippen LogP contribution in [0.2, 0.25) is 0 Å². The number of thiocarbonyl (C=S) groups is 1. The number of aromatic nitrogens is 2. The number of H-pyrrole nitrogens is 1. The normalized spacial score (nSPS) is 13.9. The van der Waals surface area contributed by atoms with Crippen LogP contribution >= 0.6 is 24.0 Å². The van der Waals surface area contributed by atoms with E-state index in [4.69, 9.17) is 12.2 Å². The molecule has 5 rings (SSSR count). The number of nitrogens with zero attached hydrogens (tertiary/aromatic N) is 3. The van der Waals surface area contributed by atoms with Gasteiger partial charge in [0.05, 0.1) is 10.9 Å². The molecule has 0 aliphatic carbocycles. The minimum absolute atomic E-state index is 0.120. The van der Waals surface area contributed by atoms with Gasteiger partial charge in [-0.15, -0.1) is 0 Å². The molecule has 5 nitrogen and oxygen atoms in total. The molecule has 1 aromatic heterocycles. The Bertz CT molecular complexity index is 1320. The van der Waals surface area contributed by atoms with Gasteiger partial charge in [-0.05, 0) is 29.8 Å². The summed E-state index contributed by atoms with van der Waals surface area (Å²) in [5, 5.41) is 0.607. The highest BCUT2D eigenvalue weighted by molar-refractivity contribution is 8.22. The molecular weight excluding hydrogens is 448 g/mol. The first kappa shape index (κ1) is 21.7. The standard InChI is InChI=1S/C26H24N4OS2/c31-25-22-17-19(11-12-23(22)27-24(28-25)20-7-3-1-4-8-20)18-33-26(32)30-15-13-29(14-16-30)21-9-5-2-6-10-21/h1-12,17H,13-16,18H2,(H,27,28,31). The fraction of sp³-hybridized carbons (Fsp3) is 0.192. The molecule has 1 aliphatic heterocycles. The first-order chi connectivity index (χ1) is 16.2. The van der Waals surface area contributed by atoms with Crippen LogP contribution in [-0.4, -0.2) is 45.4 Å². The number of hydrogen-bond donors (Lipinski definition) is 1. The number of piperazine rings is 1. The minimum atomic E-state index is -0.120. The maximum atomic E-state index is 12.7. The smallest absolute Gasteiger partial charge is 0.259 e. The molecule has 0 unspecified atom stereocenters. The number of fused-ring (bicyclic) bond motifs is 1. The third kappa shape index (κ3) is 4.94. The van der Waals surface area contributed by atoms with Crippen molar-refractivity contribution in [3.05, 3.63) is 94.8 Å². The lowest BCUT2D eigenvalue weighted by Gasteiger charge is -2.37. The van der Waals surface area contributed by atoms with Gasteiger partial charge in [0.1, 0.15) is 10.1 Å². The molecule has 0 atom stereocenters. The number of hydrogen-bond acceptors (Lipinski definition) is 5. The largest absolute Gasteiger partial charge is 0.368 e. The molecule has 3 aromatic carbocycles. The maximum absolute atomic E-state index is 12.7. The summed E-state index contributed by atoms with van der Waals surface area (Å²) in [6.45, 7) is 3.77. The summed E-state index contributed by atoms with van der Waals surface area (Å²) in [6.07, 6.45) is 0. The van der Waals surface area contributed by atoms with Crippen molar-refractivity contribution in [2.75, 3.05) is 31.1 Å². The van der Waals surface area contributed by atoms with Crippen molar-refractivity contribution < 1.29 is 0 Å². The molecule has 0 amide bonds. The lowest BCUT2D eigenvalue weighted by molar-refractivity contribution is 0.397. The minimum Gasteiger partial charge on any atom is -0.368 e. The highest BCUT2D eigenvalue weighted by Crippen LogP contribution is 2.23. The Balaban J connectivity index is 1.22. The molecule has 7 heteroatoms. The van der Waals surface area contributed by atoms with E-state index in [-0.39, 0.29) is 5.56 Å². The number of para-hydroxylation sites is 1. The molecule has 166 valence electrons.